The SMILES string of the molecule is CCC(C)C(=O)O[C@@H]1CCN2CC[C@H](COC(=O)[C@@](C)(OC(C)=O)[C@H](C)OC(C)=O)C12. The van der Waals surface area contributed by atoms with E-state index in [0.717, 1.165) is 32.4 Å². The first-order valence-corrected chi connectivity index (χ1v) is 11.0. The third-order valence-corrected chi connectivity index (χ3v) is 6.36. The summed E-state index contributed by atoms with van der Waals surface area (Å²) in [6.07, 6.45) is 1.03. The van der Waals surface area contributed by atoms with Crippen molar-refractivity contribution >= 4 is 23.9 Å². The van der Waals surface area contributed by atoms with Gasteiger partial charge in [0.2, 0.25) is 5.60 Å². The zero-order valence-corrected chi connectivity index (χ0v) is 19.3. The second kappa shape index (κ2) is 10.4. The van der Waals surface area contributed by atoms with Gasteiger partial charge >= 0.3 is 23.9 Å². The van der Waals surface area contributed by atoms with Gasteiger partial charge in [0.1, 0.15) is 12.2 Å². The number of rotatable bonds is 9. The number of fused-ring (bicyclic) bond motifs is 1. The zero-order valence-electron chi connectivity index (χ0n) is 19.3. The standard InChI is InChI=1S/C22H35NO8/c1-7-13(2)20(26)30-18-9-11-23-10-8-17(19(18)23)12-28-21(27)22(6,31-16(5)25)14(3)29-15(4)24/h13-14,17-19H,7-12H2,1-6H3/t13?,14-,17+,18+,19?,22-/m0/s1. The second-order valence-corrected chi connectivity index (χ2v) is 8.70. The Morgan fingerprint density at radius 1 is 1.06 bits per heavy atom. The van der Waals surface area contributed by atoms with E-state index in [9.17, 15) is 19.2 Å². The molecule has 2 fully saturated rings. The molecule has 2 aliphatic rings. The van der Waals surface area contributed by atoms with E-state index in [1.165, 1.54) is 27.7 Å². The number of carbonyl (C=O) groups excluding carboxylic acids is 4. The average Bonchev–Trinajstić information content (AvgIpc) is 3.27. The highest BCUT2D eigenvalue weighted by molar-refractivity contribution is 5.83. The lowest BCUT2D eigenvalue weighted by molar-refractivity contribution is -0.198. The first-order chi connectivity index (χ1) is 14.5. The first-order valence-electron chi connectivity index (χ1n) is 11.0. The van der Waals surface area contributed by atoms with Crippen LogP contribution in [0.5, 0.6) is 0 Å². The molecular weight excluding hydrogens is 406 g/mol. The Morgan fingerprint density at radius 2 is 1.71 bits per heavy atom. The van der Waals surface area contributed by atoms with Gasteiger partial charge in [-0.05, 0) is 39.7 Å². The van der Waals surface area contributed by atoms with Crippen LogP contribution in [0.2, 0.25) is 0 Å². The molecule has 6 atom stereocenters. The van der Waals surface area contributed by atoms with Crippen molar-refractivity contribution in [2.45, 2.75) is 84.7 Å². The Labute approximate surface area is 183 Å². The van der Waals surface area contributed by atoms with Crippen molar-refractivity contribution in [3.8, 4) is 0 Å². The predicted octanol–water partition coefficient (Wildman–Crippen LogP) is 1.86. The molecule has 2 rings (SSSR count). The highest BCUT2D eigenvalue weighted by atomic mass is 16.6. The maximum Gasteiger partial charge on any atom is 0.354 e. The summed E-state index contributed by atoms with van der Waals surface area (Å²) in [5, 5.41) is 0. The van der Waals surface area contributed by atoms with Crippen molar-refractivity contribution < 1.29 is 38.1 Å². The Morgan fingerprint density at radius 3 is 2.29 bits per heavy atom. The largest absolute Gasteiger partial charge is 0.462 e. The van der Waals surface area contributed by atoms with Crippen LogP contribution >= 0.6 is 0 Å². The molecule has 2 saturated heterocycles. The normalized spacial score (nSPS) is 26.8. The van der Waals surface area contributed by atoms with Crippen LogP contribution in [0, 0.1) is 11.8 Å². The molecule has 2 heterocycles. The summed E-state index contributed by atoms with van der Waals surface area (Å²) in [5.74, 6) is -2.42. The van der Waals surface area contributed by atoms with Crippen LogP contribution in [0.3, 0.4) is 0 Å². The van der Waals surface area contributed by atoms with E-state index in [1.54, 1.807) is 0 Å². The summed E-state index contributed by atoms with van der Waals surface area (Å²) in [4.78, 5) is 50.3. The maximum atomic E-state index is 12.9. The third kappa shape index (κ3) is 5.96. The minimum Gasteiger partial charge on any atom is -0.462 e. The highest BCUT2D eigenvalue weighted by Gasteiger charge is 2.49. The molecule has 9 heteroatoms. The van der Waals surface area contributed by atoms with Crippen molar-refractivity contribution in [1.82, 2.24) is 4.90 Å². The molecule has 0 amide bonds. The molecule has 0 aromatic rings. The topological polar surface area (TPSA) is 108 Å². The molecule has 0 aromatic carbocycles. The number of esters is 4. The molecule has 0 spiro atoms. The van der Waals surface area contributed by atoms with Gasteiger partial charge in [-0.2, -0.15) is 0 Å². The Kier molecular flexibility index (Phi) is 8.45. The molecule has 2 aliphatic heterocycles. The van der Waals surface area contributed by atoms with Crippen molar-refractivity contribution in [1.29, 1.82) is 0 Å². The molecule has 0 saturated carbocycles. The van der Waals surface area contributed by atoms with E-state index in [2.05, 4.69) is 4.90 Å². The molecule has 0 aromatic heterocycles. The van der Waals surface area contributed by atoms with Crippen molar-refractivity contribution in [2.24, 2.45) is 11.8 Å². The quantitative estimate of drug-likeness (QED) is 0.391. The van der Waals surface area contributed by atoms with Crippen LogP contribution in [0.4, 0.5) is 0 Å². The highest BCUT2D eigenvalue weighted by Crippen LogP contribution is 2.36. The molecule has 0 bridgehead atoms. The number of hydrogen-bond donors (Lipinski definition) is 0. The Hall–Kier alpha value is -2.16. The smallest absolute Gasteiger partial charge is 0.354 e. The second-order valence-electron chi connectivity index (χ2n) is 8.70. The summed E-state index contributed by atoms with van der Waals surface area (Å²) >= 11 is 0. The number of nitrogens with zero attached hydrogens (tertiary/aromatic N) is 1. The molecular formula is C22H35NO8. The van der Waals surface area contributed by atoms with E-state index in [-0.39, 0.29) is 36.6 Å². The fourth-order valence-electron chi connectivity index (χ4n) is 4.23. The minimum absolute atomic E-state index is 0.00760. The van der Waals surface area contributed by atoms with Gasteiger partial charge in [-0.3, -0.25) is 19.3 Å². The van der Waals surface area contributed by atoms with Gasteiger partial charge < -0.3 is 18.9 Å². The summed E-state index contributed by atoms with van der Waals surface area (Å²) < 4.78 is 21.6. The summed E-state index contributed by atoms with van der Waals surface area (Å²) in [5.41, 5.74) is -1.76. The molecule has 2 unspecified atom stereocenters. The van der Waals surface area contributed by atoms with Crippen molar-refractivity contribution in [2.75, 3.05) is 19.7 Å². The van der Waals surface area contributed by atoms with Gasteiger partial charge in [0.05, 0.1) is 18.6 Å². The van der Waals surface area contributed by atoms with E-state index in [1.807, 2.05) is 13.8 Å². The summed E-state index contributed by atoms with van der Waals surface area (Å²) in [7, 11) is 0. The van der Waals surface area contributed by atoms with Crippen LogP contribution in [0.1, 0.15) is 60.8 Å². The van der Waals surface area contributed by atoms with E-state index in [4.69, 9.17) is 18.9 Å². The van der Waals surface area contributed by atoms with Gasteiger partial charge in [-0.25, -0.2) is 4.79 Å². The summed E-state index contributed by atoms with van der Waals surface area (Å²) in [6, 6.07) is -0.00770. The Bertz CT molecular complexity index is 695. The maximum absolute atomic E-state index is 12.9. The van der Waals surface area contributed by atoms with E-state index in [0.29, 0.717) is 0 Å². The molecule has 176 valence electrons. The Balaban J connectivity index is 2.04. The molecule has 9 nitrogen and oxygen atoms in total. The fraction of sp³-hybridized carbons (Fsp3) is 0.818. The van der Waals surface area contributed by atoms with Gasteiger partial charge in [0.25, 0.3) is 0 Å². The van der Waals surface area contributed by atoms with Gasteiger partial charge in [-0.1, -0.05) is 13.8 Å². The van der Waals surface area contributed by atoms with Crippen molar-refractivity contribution in [3.05, 3.63) is 0 Å². The lowest BCUT2D eigenvalue weighted by Crippen LogP contribution is -2.52. The first kappa shape index (κ1) is 25.1. The third-order valence-electron chi connectivity index (χ3n) is 6.36. The molecule has 31 heavy (non-hydrogen) atoms. The van der Waals surface area contributed by atoms with Crippen LogP contribution < -0.4 is 0 Å². The number of ether oxygens (including phenoxy) is 4. The monoisotopic (exact) mass is 441 g/mol. The van der Waals surface area contributed by atoms with Crippen LogP contribution in [0.15, 0.2) is 0 Å². The van der Waals surface area contributed by atoms with Crippen LogP contribution in [-0.2, 0) is 38.1 Å². The van der Waals surface area contributed by atoms with Crippen LogP contribution in [0.25, 0.3) is 0 Å². The molecule has 0 N–H and O–H groups in total. The van der Waals surface area contributed by atoms with Gasteiger partial charge in [0, 0.05) is 26.3 Å². The van der Waals surface area contributed by atoms with E-state index >= 15 is 0 Å². The van der Waals surface area contributed by atoms with Gasteiger partial charge in [0.15, 0.2) is 0 Å². The van der Waals surface area contributed by atoms with Crippen LogP contribution in [-0.4, -0.2) is 72.3 Å². The predicted molar refractivity (Wildman–Crippen MR) is 110 cm³/mol. The number of carbonyl (C=O) groups is 4. The minimum atomic E-state index is -1.76. The van der Waals surface area contributed by atoms with Crippen molar-refractivity contribution in [3.63, 3.8) is 0 Å². The average molecular weight is 442 g/mol. The van der Waals surface area contributed by atoms with Gasteiger partial charge in [-0.15, -0.1) is 0 Å². The fourth-order valence-corrected chi connectivity index (χ4v) is 4.23. The number of hydrogen-bond acceptors (Lipinski definition) is 9. The lowest BCUT2D eigenvalue weighted by atomic mass is 9.96. The molecule has 0 radical (unpaired) electrons. The zero-order chi connectivity index (χ0) is 23.3. The summed E-state index contributed by atoms with van der Waals surface area (Å²) in [6.45, 7) is 10.8. The lowest BCUT2D eigenvalue weighted by Gasteiger charge is -2.32. The van der Waals surface area contributed by atoms with E-state index < -0.39 is 29.6 Å². The molecule has 0 aliphatic carbocycles.